The van der Waals surface area contributed by atoms with Crippen LogP contribution < -0.4 is 15.8 Å². The Kier molecular flexibility index (Phi) is 3.85. The van der Waals surface area contributed by atoms with Crippen LogP contribution in [0.2, 0.25) is 0 Å². The van der Waals surface area contributed by atoms with Gasteiger partial charge in [0.25, 0.3) is 5.91 Å². The molecule has 0 saturated heterocycles. The highest BCUT2D eigenvalue weighted by Gasteiger charge is 2.11. The fourth-order valence-corrected chi connectivity index (χ4v) is 1.77. The van der Waals surface area contributed by atoms with Crippen molar-refractivity contribution in [3.8, 4) is 5.75 Å². The fourth-order valence-electron chi connectivity index (χ4n) is 1.27. The maximum absolute atomic E-state index is 12.0. The lowest BCUT2D eigenvalue weighted by atomic mass is 10.2. The first-order valence-corrected chi connectivity index (χ1v) is 5.81. The van der Waals surface area contributed by atoms with Crippen LogP contribution in [0.4, 0.5) is 19.0 Å². The minimum atomic E-state index is -2.94. The molecule has 1 aromatic carbocycles. The van der Waals surface area contributed by atoms with Gasteiger partial charge in [-0.25, -0.2) is 0 Å². The predicted octanol–water partition coefficient (Wildman–Crippen LogP) is 1.97. The lowest BCUT2D eigenvalue weighted by Crippen LogP contribution is -2.12. The number of anilines is 2. The third kappa shape index (κ3) is 3.58. The quantitative estimate of drug-likeness (QED) is 0.896. The monoisotopic (exact) mass is 286 g/mol. The van der Waals surface area contributed by atoms with Crippen molar-refractivity contribution in [2.45, 2.75) is 6.61 Å². The Hall–Kier alpha value is -2.29. The van der Waals surface area contributed by atoms with Crippen molar-refractivity contribution < 1.29 is 18.3 Å². The van der Waals surface area contributed by atoms with E-state index in [1.54, 1.807) is 0 Å². The molecule has 100 valence electrons. The van der Waals surface area contributed by atoms with Crippen LogP contribution in [-0.2, 0) is 0 Å². The summed E-state index contributed by atoms with van der Waals surface area (Å²) in [6.07, 6.45) is 0. The van der Waals surface area contributed by atoms with Gasteiger partial charge in [-0.3, -0.25) is 10.1 Å². The third-order valence-electron chi connectivity index (χ3n) is 1.98. The summed E-state index contributed by atoms with van der Waals surface area (Å²) in [4.78, 5) is 11.8. The number of halogens is 2. The molecule has 0 aliphatic heterocycles. The lowest BCUT2D eigenvalue weighted by Gasteiger charge is -2.06. The van der Waals surface area contributed by atoms with Crippen LogP contribution >= 0.6 is 11.3 Å². The van der Waals surface area contributed by atoms with Crippen LogP contribution in [0.5, 0.6) is 5.75 Å². The Labute approximate surface area is 110 Å². The number of carbonyl (C=O) groups is 1. The molecule has 0 atom stereocenters. The lowest BCUT2D eigenvalue weighted by molar-refractivity contribution is -0.0498. The zero-order valence-corrected chi connectivity index (χ0v) is 10.2. The normalized spacial score (nSPS) is 10.5. The Balaban J connectivity index is 2.10. The first-order valence-electron chi connectivity index (χ1n) is 5.00. The number of alkyl halides is 2. The zero-order chi connectivity index (χ0) is 13.8. The number of nitrogens with zero attached hydrogens (tertiary/aromatic N) is 2. The summed E-state index contributed by atoms with van der Waals surface area (Å²) >= 11 is 0.998. The molecule has 1 heterocycles. The van der Waals surface area contributed by atoms with E-state index in [1.807, 2.05) is 0 Å². The molecule has 1 aromatic heterocycles. The van der Waals surface area contributed by atoms with Crippen LogP contribution in [0.3, 0.4) is 0 Å². The van der Waals surface area contributed by atoms with Crippen LogP contribution in [0, 0.1) is 0 Å². The Morgan fingerprint density at radius 1 is 1.42 bits per heavy atom. The zero-order valence-electron chi connectivity index (χ0n) is 9.34. The van der Waals surface area contributed by atoms with Gasteiger partial charge >= 0.3 is 6.61 Å². The molecule has 0 aliphatic rings. The van der Waals surface area contributed by atoms with Gasteiger partial charge in [0.15, 0.2) is 0 Å². The van der Waals surface area contributed by atoms with Gasteiger partial charge in [0, 0.05) is 5.56 Å². The first-order chi connectivity index (χ1) is 9.04. The molecule has 3 N–H and O–H groups in total. The molecule has 0 unspecified atom stereocenters. The highest BCUT2D eigenvalue weighted by atomic mass is 32.1. The van der Waals surface area contributed by atoms with Gasteiger partial charge in [0.05, 0.1) is 0 Å². The maximum Gasteiger partial charge on any atom is 0.387 e. The van der Waals surface area contributed by atoms with Crippen LogP contribution in [0.1, 0.15) is 10.4 Å². The van der Waals surface area contributed by atoms with Gasteiger partial charge in [-0.2, -0.15) is 8.78 Å². The summed E-state index contributed by atoms with van der Waals surface area (Å²) < 4.78 is 28.3. The molecule has 1 amide bonds. The number of aromatic nitrogens is 2. The van der Waals surface area contributed by atoms with Crippen molar-refractivity contribution in [2.24, 2.45) is 0 Å². The highest BCUT2D eigenvalue weighted by Crippen LogP contribution is 2.19. The van der Waals surface area contributed by atoms with E-state index in [0.29, 0.717) is 0 Å². The molecule has 9 heteroatoms. The molecular weight excluding hydrogens is 278 g/mol. The number of amides is 1. The number of hydrogen-bond donors (Lipinski definition) is 2. The van der Waals surface area contributed by atoms with Gasteiger partial charge in [-0.15, -0.1) is 10.2 Å². The second kappa shape index (κ2) is 5.57. The minimum absolute atomic E-state index is 0.0978. The van der Waals surface area contributed by atoms with E-state index < -0.39 is 12.5 Å². The van der Waals surface area contributed by atoms with Gasteiger partial charge in [-0.05, 0) is 18.2 Å². The van der Waals surface area contributed by atoms with Crippen LogP contribution in [0.15, 0.2) is 24.3 Å². The van der Waals surface area contributed by atoms with Crippen molar-refractivity contribution >= 4 is 27.5 Å². The Morgan fingerprint density at radius 2 is 2.21 bits per heavy atom. The largest absolute Gasteiger partial charge is 0.435 e. The number of carbonyl (C=O) groups excluding carboxylic acids is 1. The Bertz CT molecular complexity index is 590. The molecule has 19 heavy (non-hydrogen) atoms. The molecule has 0 aliphatic carbocycles. The molecule has 2 aromatic rings. The molecule has 0 bridgehead atoms. The second-order valence-electron chi connectivity index (χ2n) is 3.31. The van der Waals surface area contributed by atoms with E-state index in [-0.39, 0.29) is 21.6 Å². The van der Waals surface area contributed by atoms with Gasteiger partial charge < -0.3 is 10.5 Å². The SMILES string of the molecule is Nc1nnc(NC(=O)c2cccc(OC(F)F)c2)s1. The molecule has 6 nitrogen and oxygen atoms in total. The van der Waals surface area contributed by atoms with Crippen molar-refractivity contribution in [3.63, 3.8) is 0 Å². The highest BCUT2D eigenvalue weighted by molar-refractivity contribution is 7.19. The van der Waals surface area contributed by atoms with E-state index in [9.17, 15) is 13.6 Å². The second-order valence-corrected chi connectivity index (χ2v) is 4.32. The molecular formula is C10H8F2N4O2S. The maximum atomic E-state index is 12.0. The summed E-state index contributed by atoms with van der Waals surface area (Å²) in [5.74, 6) is -0.615. The van der Waals surface area contributed by atoms with Crippen LogP contribution in [-0.4, -0.2) is 22.7 Å². The number of hydrogen-bond acceptors (Lipinski definition) is 6. The molecule has 0 fully saturated rings. The van der Waals surface area contributed by atoms with E-state index in [1.165, 1.54) is 24.3 Å². The van der Waals surface area contributed by atoms with E-state index in [2.05, 4.69) is 20.3 Å². The standard InChI is InChI=1S/C10H8F2N4O2S/c11-8(12)18-6-3-1-2-5(4-6)7(17)14-10-16-15-9(13)19-10/h1-4,8H,(H2,13,15)(H,14,16,17). The van der Waals surface area contributed by atoms with Crippen LogP contribution in [0.25, 0.3) is 0 Å². The topological polar surface area (TPSA) is 90.1 Å². The van der Waals surface area contributed by atoms with Gasteiger partial charge in [-0.1, -0.05) is 17.4 Å². The Morgan fingerprint density at radius 3 is 2.84 bits per heavy atom. The average Bonchev–Trinajstić information content (AvgIpc) is 2.74. The number of rotatable bonds is 4. The van der Waals surface area contributed by atoms with E-state index in [0.717, 1.165) is 11.3 Å². The fraction of sp³-hybridized carbons (Fsp3) is 0.100. The number of nitrogens with one attached hydrogen (secondary N) is 1. The molecule has 2 rings (SSSR count). The summed E-state index contributed by atoms with van der Waals surface area (Å²) in [6.45, 7) is -2.94. The predicted molar refractivity (Wildman–Crippen MR) is 65.3 cm³/mol. The minimum Gasteiger partial charge on any atom is -0.435 e. The average molecular weight is 286 g/mol. The van der Waals surface area contributed by atoms with Gasteiger partial charge in [0.2, 0.25) is 10.3 Å². The number of ether oxygens (including phenoxy) is 1. The summed E-state index contributed by atoms with van der Waals surface area (Å²) in [7, 11) is 0. The van der Waals surface area contributed by atoms with E-state index in [4.69, 9.17) is 5.73 Å². The number of nitrogen functional groups attached to an aromatic ring is 1. The van der Waals surface area contributed by atoms with Crippen molar-refractivity contribution in [3.05, 3.63) is 29.8 Å². The summed E-state index contributed by atoms with van der Waals surface area (Å²) in [6, 6.07) is 5.41. The van der Waals surface area contributed by atoms with Gasteiger partial charge in [0.1, 0.15) is 5.75 Å². The summed E-state index contributed by atoms with van der Waals surface area (Å²) in [5.41, 5.74) is 5.52. The van der Waals surface area contributed by atoms with Crippen molar-refractivity contribution in [1.29, 1.82) is 0 Å². The van der Waals surface area contributed by atoms with E-state index >= 15 is 0 Å². The first kappa shape index (κ1) is 13.1. The van der Waals surface area contributed by atoms with Crippen molar-refractivity contribution in [1.82, 2.24) is 10.2 Å². The smallest absolute Gasteiger partial charge is 0.387 e. The molecule has 0 saturated carbocycles. The molecule has 0 radical (unpaired) electrons. The van der Waals surface area contributed by atoms with Crippen molar-refractivity contribution in [2.75, 3.05) is 11.1 Å². The number of benzene rings is 1. The summed E-state index contributed by atoms with van der Waals surface area (Å²) in [5, 5.41) is 10.0. The number of nitrogens with two attached hydrogens (primary N) is 1. The molecule has 0 spiro atoms. The third-order valence-corrected chi connectivity index (χ3v) is 2.65.